The molecule has 3 rings (SSSR count). The van der Waals surface area contributed by atoms with Gasteiger partial charge in [-0.2, -0.15) is 0 Å². The molecule has 1 aromatic heterocycles. The van der Waals surface area contributed by atoms with Crippen molar-refractivity contribution in [2.75, 3.05) is 11.1 Å². The molecule has 24 heavy (non-hydrogen) atoms. The summed E-state index contributed by atoms with van der Waals surface area (Å²) in [5.41, 5.74) is 7.61. The zero-order valence-corrected chi connectivity index (χ0v) is 12.1. The molecule has 1 heterocycles. The van der Waals surface area contributed by atoms with E-state index in [1.165, 1.54) is 12.1 Å². The third-order valence-electron chi connectivity index (χ3n) is 3.24. The number of alkyl halides is 3. The van der Waals surface area contributed by atoms with Crippen LogP contribution in [0.2, 0.25) is 0 Å². The Labute approximate surface area is 134 Å². The highest BCUT2D eigenvalue weighted by Gasteiger charge is 2.30. The molecular formula is C16H12F3N3O2. The maximum absolute atomic E-state index is 12.2. The van der Waals surface area contributed by atoms with Gasteiger partial charge in [0.2, 0.25) is 0 Å². The van der Waals surface area contributed by atoms with Crippen LogP contribution in [0.4, 0.5) is 24.5 Å². The van der Waals surface area contributed by atoms with Gasteiger partial charge in [-0.1, -0.05) is 6.07 Å². The van der Waals surface area contributed by atoms with Crippen LogP contribution in [0.1, 0.15) is 10.5 Å². The first-order valence-electron chi connectivity index (χ1n) is 6.85. The van der Waals surface area contributed by atoms with Gasteiger partial charge in [-0.25, -0.2) is 0 Å². The number of hydrogen-bond donors (Lipinski definition) is 3. The van der Waals surface area contributed by atoms with E-state index in [4.69, 9.17) is 5.73 Å². The lowest BCUT2D eigenvalue weighted by molar-refractivity contribution is -0.274. The number of nitrogens with two attached hydrogens (primary N) is 1. The number of halogens is 3. The van der Waals surface area contributed by atoms with Gasteiger partial charge in [0.1, 0.15) is 11.4 Å². The number of anilines is 2. The van der Waals surface area contributed by atoms with Crippen molar-refractivity contribution in [1.82, 2.24) is 4.98 Å². The molecule has 0 aliphatic carbocycles. The molecule has 4 N–H and O–H groups in total. The standard InChI is InChI=1S/C16H12F3N3O2/c17-16(18,19)24-12-5-3-11(4-6-12)21-15(23)14-7-9-1-2-10(20)8-13(9)22-14/h1-8,22H,20H2,(H,21,23). The fourth-order valence-corrected chi connectivity index (χ4v) is 2.21. The minimum Gasteiger partial charge on any atom is -0.406 e. The molecule has 0 aliphatic rings. The van der Waals surface area contributed by atoms with E-state index in [1.54, 1.807) is 24.3 Å². The minimum atomic E-state index is -4.75. The normalized spacial score (nSPS) is 11.5. The zero-order chi connectivity index (χ0) is 17.3. The van der Waals surface area contributed by atoms with Crippen molar-refractivity contribution in [3.63, 3.8) is 0 Å². The number of benzene rings is 2. The lowest BCUT2D eigenvalue weighted by Crippen LogP contribution is -2.17. The average molecular weight is 335 g/mol. The summed E-state index contributed by atoms with van der Waals surface area (Å²) in [4.78, 5) is 15.1. The Hall–Kier alpha value is -3.16. The third kappa shape index (κ3) is 3.60. The van der Waals surface area contributed by atoms with Crippen LogP contribution in [0.5, 0.6) is 5.75 Å². The van der Waals surface area contributed by atoms with E-state index in [0.717, 1.165) is 17.5 Å². The molecule has 0 bridgehead atoms. The molecule has 0 unspecified atom stereocenters. The minimum absolute atomic E-state index is 0.311. The number of carbonyl (C=O) groups is 1. The number of amides is 1. The van der Waals surface area contributed by atoms with Gasteiger partial charge >= 0.3 is 6.36 Å². The average Bonchev–Trinajstić information content (AvgIpc) is 2.91. The van der Waals surface area contributed by atoms with Crippen LogP contribution in [0.15, 0.2) is 48.5 Å². The third-order valence-corrected chi connectivity index (χ3v) is 3.24. The predicted molar refractivity (Wildman–Crippen MR) is 83.8 cm³/mol. The van der Waals surface area contributed by atoms with Crippen LogP contribution in [0.3, 0.4) is 0 Å². The second kappa shape index (κ2) is 5.80. The smallest absolute Gasteiger partial charge is 0.406 e. The number of nitrogens with one attached hydrogen (secondary N) is 2. The number of H-pyrrole nitrogens is 1. The predicted octanol–water partition coefficient (Wildman–Crippen LogP) is 3.90. The van der Waals surface area contributed by atoms with Gasteiger partial charge in [0.05, 0.1) is 0 Å². The summed E-state index contributed by atoms with van der Waals surface area (Å²) >= 11 is 0. The first-order valence-corrected chi connectivity index (χ1v) is 6.85. The Kier molecular flexibility index (Phi) is 3.80. The number of aromatic nitrogens is 1. The Morgan fingerprint density at radius 3 is 2.46 bits per heavy atom. The van der Waals surface area contributed by atoms with Crippen molar-refractivity contribution in [2.45, 2.75) is 6.36 Å². The molecule has 124 valence electrons. The maximum Gasteiger partial charge on any atom is 0.573 e. The van der Waals surface area contributed by atoms with Crippen molar-refractivity contribution in [3.05, 3.63) is 54.2 Å². The van der Waals surface area contributed by atoms with E-state index in [-0.39, 0.29) is 5.75 Å². The van der Waals surface area contributed by atoms with Crippen molar-refractivity contribution in [1.29, 1.82) is 0 Å². The van der Waals surface area contributed by atoms with Gasteiger partial charge in [0, 0.05) is 22.3 Å². The lowest BCUT2D eigenvalue weighted by Gasteiger charge is -2.09. The Morgan fingerprint density at radius 1 is 1.08 bits per heavy atom. The number of nitrogen functional groups attached to an aromatic ring is 1. The lowest BCUT2D eigenvalue weighted by atomic mass is 10.2. The molecule has 1 amide bonds. The molecule has 0 atom stereocenters. The number of aromatic amines is 1. The Morgan fingerprint density at radius 2 is 1.79 bits per heavy atom. The first kappa shape index (κ1) is 15.7. The molecule has 0 aliphatic heterocycles. The maximum atomic E-state index is 12.2. The van der Waals surface area contributed by atoms with Gasteiger partial charge < -0.3 is 20.8 Å². The second-order valence-electron chi connectivity index (χ2n) is 5.06. The van der Waals surface area contributed by atoms with Crippen LogP contribution in [0.25, 0.3) is 10.9 Å². The molecule has 0 fully saturated rings. The summed E-state index contributed by atoms with van der Waals surface area (Å²) < 4.78 is 40.1. The molecule has 5 nitrogen and oxygen atoms in total. The van der Waals surface area contributed by atoms with Gasteiger partial charge in [0.25, 0.3) is 5.91 Å². The zero-order valence-electron chi connectivity index (χ0n) is 12.1. The molecule has 0 saturated heterocycles. The first-order chi connectivity index (χ1) is 11.3. The summed E-state index contributed by atoms with van der Waals surface area (Å²) in [6, 6.07) is 11.7. The molecule has 8 heteroatoms. The van der Waals surface area contributed by atoms with E-state index in [2.05, 4.69) is 15.0 Å². The van der Waals surface area contributed by atoms with Crippen molar-refractivity contribution >= 4 is 28.2 Å². The quantitative estimate of drug-likeness (QED) is 0.635. The summed E-state index contributed by atoms with van der Waals surface area (Å²) in [7, 11) is 0. The molecule has 0 saturated carbocycles. The number of carbonyl (C=O) groups excluding carboxylic acids is 1. The SMILES string of the molecule is Nc1ccc2cc(C(=O)Nc3ccc(OC(F)(F)F)cc3)[nH]c2c1. The number of ether oxygens (including phenoxy) is 1. The highest BCUT2D eigenvalue weighted by atomic mass is 19.4. The van der Waals surface area contributed by atoms with Gasteiger partial charge in [-0.05, 0) is 42.5 Å². The van der Waals surface area contributed by atoms with E-state index in [1.807, 2.05) is 0 Å². The van der Waals surface area contributed by atoms with Crippen LogP contribution >= 0.6 is 0 Å². The number of rotatable bonds is 3. The summed E-state index contributed by atoms with van der Waals surface area (Å²) in [5, 5.41) is 3.41. The molecule has 2 aromatic carbocycles. The van der Waals surface area contributed by atoms with Gasteiger partial charge in [-0.15, -0.1) is 13.2 Å². The Bertz CT molecular complexity index is 886. The summed E-state index contributed by atoms with van der Waals surface area (Å²) in [6.07, 6.45) is -4.75. The largest absolute Gasteiger partial charge is 0.573 e. The molecule has 0 spiro atoms. The monoisotopic (exact) mass is 335 g/mol. The van der Waals surface area contributed by atoms with Gasteiger partial charge in [0.15, 0.2) is 0 Å². The van der Waals surface area contributed by atoms with Crippen molar-refractivity contribution in [3.8, 4) is 5.75 Å². The van der Waals surface area contributed by atoms with E-state index in [0.29, 0.717) is 22.6 Å². The van der Waals surface area contributed by atoms with Crippen LogP contribution < -0.4 is 15.8 Å². The summed E-state index contributed by atoms with van der Waals surface area (Å²) in [6.45, 7) is 0. The molecule has 0 radical (unpaired) electrons. The van der Waals surface area contributed by atoms with Gasteiger partial charge in [-0.3, -0.25) is 4.79 Å². The fraction of sp³-hybridized carbons (Fsp3) is 0.0625. The number of hydrogen-bond acceptors (Lipinski definition) is 3. The fourth-order valence-electron chi connectivity index (χ4n) is 2.21. The van der Waals surface area contributed by atoms with E-state index >= 15 is 0 Å². The van der Waals surface area contributed by atoms with E-state index < -0.39 is 12.3 Å². The van der Waals surface area contributed by atoms with Crippen LogP contribution in [-0.2, 0) is 0 Å². The molecular weight excluding hydrogens is 323 g/mol. The number of fused-ring (bicyclic) bond motifs is 1. The summed E-state index contributed by atoms with van der Waals surface area (Å²) in [5.74, 6) is -0.782. The van der Waals surface area contributed by atoms with Crippen molar-refractivity contribution in [2.24, 2.45) is 0 Å². The van der Waals surface area contributed by atoms with Crippen LogP contribution in [-0.4, -0.2) is 17.3 Å². The highest BCUT2D eigenvalue weighted by Crippen LogP contribution is 2.24. The molecule has 3 aromatic rings. The van der Waals surface area contributed by atoms with E-state index in [9.17, 15) is 18.0 Å². The van der Waals surface area contributed by atoms with Crippen molar-refractivity contribution < 1.29 is 22.7 Å². The Balaban J connectivity index is 1.73. The van der Waals surface area contributed by atoms with Crippen LogP contribution in [0, 0.1) is 0 Å². The highest BCUT2D eigenvalue weighted by molar-refractivity contribution is 6.06. The second-order valence-corrected chi connectivity index (χ2v) is 5.06. The topological polar surface area (TPSA) is 80.1 Å².